The van der Waals surface area contributed by atoms with E-state index >= 15 is 0 Å². The van der Waals surface area contributed by atoms with E-state index < -0.39 is 0 Å². The van der Waals surface area contributed by atoms with Crippen LogP contribution in [0.5, 0.6) is 0 Å². The standard InChI is InChI=1S/C5H4N.C2H5.Y/c1-2-4-6-5-3-1;1-2;/h2-5H;1H2,2H3;/q2*-1;+3. The molecule has 0 spiro atoms. The van der Waals surface area contributed by atoms with Crippen molar-refractivity contribution < 1.29 is 32.7 Å². The summed E-state index contributed by atoms with van der Waals surface area (Å²) in [5.74, 6) is 0. The molecular formula is C7H9NY+. The van der Waals surface area contributed by atoms with Gasteiger partial charge in [0, 0.05) is 0 Å². The van der Waals surface area contributed by atoms with Gasteiger partial charge in [0.15, 0.2) is 0 Å². The fourth-order valence-electron chi connectivity index (χ4n) is 0.277. The summed E-state index contributed by atoms with van der Waals surface area (Å²) in [6, 6.07) is 6.36. The van der Waals surface area contributed by atoms with Crippen molar-refractivity contribution in [2.24, 2.45) is 0 Å². The van der Waals surface area contributed by atoms with Gasteiger partial charge in [-0.15, -0.1) is 0 Å². The number of nitrogens with zero attached hydrogens (tertiary/aromatic N) is 1. The maximum atomic E-state index is 3.75. The van der Waals surface area contributed by atoms with Crippen LogP contribution in [0.3, 0.4) is 0 Å². The molecule has 0 aliphatic carbocycles. The zero-order valence-corrected chi connectivity index (χ0v) is 8.38. The van der Waals surface area contributed by atoms with E-state index in [4.69, 9.17) is 0 Å². The number of pyridine rings is 1. The third kappa shape index (κ3) is 8.25. The molecule has 1 aromatic heterocycles. The molecule has 0 bridgehead atoms. The molecule has 0 fully saturated rings. The second-order valence-corrected chi connectivity index (χ2v) is 0.947. The van der Waals surface area contributed by atoms with Gasteiger partial charge in [-0.05, 0) is 0 Å². The minimum Gasteiger partial charge on any atom is -0.391 e. The van der Waals surface area contributed by atoms with Crippen LogP contribution in [0.2, 0.25) is 0 Å². The summed E-state index contributed by atoms with van der Waals surface area (Å²) < 4.78 is 0. The fourth-order valence-corrected chi connectivity index (χ4v) is 0.277. The molecule has 0 amide bonds. The molecular weight excluding hydrogens is 187 g/mol. The number of hydrogen-bond donors (Lipinski definition) is 0. The molecule has 1 heterocycles. The van der Waals surface area contributed by atoms with Crippen LogP contribution in [-0.2, 0) is 32.7 Å². The Labute approximate surface area is 81.8 Å². The number of rotatable bonds is 0. The fraction of sp³-hybridized carbons (Fsp3) is 0.143. The van der Waals surface area contributed by atoms with Gasteiger partial charge >= 0.3 is 32.7 Å². The molecule has 0 aromatic carbocycles. The maximum Gasteiger partial charge on any atom is 3.00 e. The quantitative estimate of drug-likeness (QED) is 0.575. The number of hydrogen-bond acceptors (Lipinski definition) is 1. The smallest absolute Gasteiger partial charge is 0.391 e. The van der Waals surface area contributed by atoms with E-state index in [1.54, 1.807) is 31.5 Å². The van der Waals surface area contributed by atoms with E-state index in [1.807, 2.05) is 0 Å². The van der Waals surface area contributed by atoms with Gasteiger partial charge in [-0.3, -0.25) is 0 Å². The first-order chi connectivity index (χ1) is 4.00. The molecule has 0 aliphatic rings. The largest absolute Gasteiger partial charge is 3.00 e. The van der Waals surface area contributed by atoms with E-state index in [9.17, 15) is 0 Å². The summed E-state index contributed by atoms with van der Waals surface area (Å²) in [6.45, 7) is 5.00. The molecule has 0 unspecified atom stereocenters. The van der Waals surface area contributed by atoms with Gasteiger partial charge in [0.1, 0.15) is 0 Å². The zero-order chi connectivity index (χ0) is 6.24. The van der Waals surface area contributed by atoms with Gasteiger partial charge in [0.05, 0.1) is 0 Å². The molecule has 0 saturated carbocycles. The first-order valence-corrected chi connectivity index (χ1v) is 2.47. The Morgan fingerprint density at radius 2 is 1.67 bits per heavy atom. The van der Waals surface area contributed by atoms with Gasteiger partial charge in [-0.2, -0.15) is 25.1 Å². The van der Waals surface area contributed by atoms with Crippen LogP contribution < -0.4 is 0 Å². The van der Waals surface area contributed by atoms with Crippen LogP contribution in [0.25, 0.3) is 0 Å². The molecule has 0 aliphatic heterocycles. The molecule has 1 rings (SSSR count). The Balaban J connectivity index is 0. The first-order valence-electron chi connectivity index (χ1n) is 2.47. The molecule has 9 heavy (non-hydrogen) atoms. The predicted octanol–water partition coefficient (Wildman–Crippen LogP) is 1.72. The van der Waals surface area contributed by atoms with E-state index in [0.29, 0.717) is 0 Å². The van der Waals surface area contributed by atoms with Gasteiger partial charge in [0.25, 0.3) is 0 Å². The summed E-state index contributed by atoms with van der Waals surface area (Å²) in [5.41, 5.74) is 0. The van der Waals surface area contributed by atoms with Crippen LogP contribution in [-0.4, -0.2) is 4.98 Å². The SMILES string of the molecule is [CH2-]C.[Y+3].[c-]1ccncc1. The van der Waals surface area contributed by atoms with Crippen molar-refractivity contribution in [1.82, 2.24) is 4.98 Å². The molecule has 0 N–H and O–H groups in total. The van der Waals surface area contributed by atoms with Crippen molar-refractivity contribution in [3.8, 4) is 0 Å². The summed E-state index contributed by atoms with van der Waals surface area (Å²) in [4.78, 5) is 3.75. The van der Waals surface area contributed by atoms with E-state index in [2.05, 4.69) is 18.0 Å². The molecule has 0 radical (unpaired) electrons. The van der Waals surface area contributed by atoms with Crippen LogP contribution in [0.4, 0.5) is 0 Å². The maximum absolute atomic E-state index is 3.75. The summed E-state index contributed by atoms with van der Waals surface area (Å²) in [5, 5.41) is 0. The van der Waals surface area contributed by atoms with E-state index in [0.717, 1.165) is 0 Å². The first kappa shape index (κ1) is 12.0. The van der Waals surface area contributed by atoms with Crippen molar-refractivity contribution in [3.63, 3.8) is 0 Å². The number of aromatic nitrogens is 1. The van der Waals surface area contributed by atoms with Gasteiger partial charge < -0.3 is 11.9 Å². The monoisotopic (exact) mass is 196 g/mol. The minimum atomic E-state index is 0. The van der Waals surface area contributed by atoms with Crippen molar-refractivity contribution in [3.05, 3.63) is 37.5 Å². The second kappa shape index (κ2) is 11.1. The van der Waals surface area contributed by atoms with Gasteiger partial charge in [0.2, 0.25) is 0 Å². The molecule has 1 aromatic rings. The summed E-state index contributed by atoms with van der Waals surface area (Å²) in [7, 11) is 0. The topological polar surface area (TPSA) is 12.9 Å². The van der Waals surface area contributed by atoms with Crippen LogP contribution >= 0.6 is 0 Å². The Morgan fingerprint density at radius 1 is 1.22 bits per heavy atom. The summed E-state index contributed by atoms with van der Waals surface area (Å²) in [6.07, 6.45) is 3.39. The van der Waals surface area contributed by atoms with Gasteiger partial charge in [-0.25, -0.2) is 0 Å². The minimum absolute atomic E-state index is 0. The van der Waals surface area contributed by atoms with E-state index in [1.165, 1.54) is 0 Å². The zero-order valence-electron chi connectivity index (χ0n) is 5.54. The average molecular weight is 196 g/mol. The molecule has 2 heteroatoms. The van der Waals surface area contributed by atoms with Crippen molar-refractivity contribution in [2.45, 2.75) is 6.92 Å². The molecule has 0 saturated heterocycles. The van der Waals surface area contributed by atoms with Crippen molar-refractivity contribution in [1.29, 1.82) is 0 Å². The normalized spacial score (nSPS) is 6.00. The Morgan fingerprint density at radius 3 is 1.78 bits per heavy atom. The molecule has 1 nitrogen and oxygen atoms in total. The van der Waals surface area contributed by atoms with Crippen LogP contribution in [0.1, 0.15) is 6.92 Å². The van der Waals surface area contributed by atoms with Crippen molar-refractivity contribution >= 4 is 0 Å². The van der Waals surface area contributed by atoms with E-state index in [-0.39, 0.29) is 32.7 Å². The molecule has 0 atom stereocenters. The Hall–Kier alpha value is 0.254. The van der Waals surface area contributed by atoms with Gasteiger partial charge in [-0.1, -0.05) is 12.4 Å². The Kier molecular flexibility index (Phi) is 14.8. The summed E-state index contributed by atoms with van der Waals surface area (Å²) >= 11 is 0. The van der Waals surface area contributed by atoms with Crippen molar-refractivity contribution in [2.75, 3.05) is 0 Å². The molecule has 44 valence electrons. The second-order valence-electron chi connectivity index (χ2n) is 0.947. The third-order valence-electron chi connectivity index (χ3n) is 0.514. The average Bonchev–Trinajstić information content (AvgIpc) is 1.96. The third-order valence-corrected chi connectivity index (χ3v) is 0.514. The predicted molar refractivity (Wildman–Crippen MR) is 34.1 cm³/mol. The van der Waals surface area contributed by atoms with Crippen LogP contribution in [0, 0.1) is 13.0 Å². The van der Waals surface area contributed by atoms with Crippen LogP contribution in [0.15, 0.2) is 24.5 Å². The Bertz CT molecular complexity index is 80.8.